The second kappa shape index (κ2) is 40.2. The second-order valence-electron chi connectivity index (χ2n) is 32.0. The molecule has 614 valence electrons. The fourth-order valence-corrected chi connectivity index (χ4v) is 16.8. The number of aliphatic carboxylic acids is 1. The Labute approximate surface area is 695 Å². The van der Waals surface area contributed by atoms with E-state index in [2.05, 4.69) is 192 Å². The summed E-state index contributed by atoms with van der Waals surface area (Å²) in [6.45, 7) is 24.4. The molecule has 4 aromatic heterocycles. The van der Waals surface area contributed by atoms with E-state index in [9.17, 15) is 14.4 Å². The summed E-state index contributed by atoms with van der Waals surface area (Å²) in [5.74, 6) is 11.2. The van der Waals surface area contributed by atoms with Crippen LogP contribution in [0.4, 0.5) is 0 Å². The Kier molecular flexibility index (Phi) is 28.8. The quantitative estimate of drug-likeness (QED) is 0.0428. The molecule has 0 fully saturated rings. The molecule has 4 heterocycles. The van der Waals surface area contributed by atoms with E-state index in [1.165, 1.54) is 80.5 Å². The van der Waals surface area contributed by atoms with Crippen molar-refractivity contribution in [3.05, 3.63) is 282 Å². The van der Waals surface area contributed by atoms with Crippen LogP contribution in [0.2, 0.25) is 0 Å². The van der Waals surface area contributed by atoms with Crippen molar-refractivity contribution in [2.75, 3.05) is 26.4 Å². The summed E-state index contributed by atoms with van der Waals surface area (Å²) in [7, 11) is 0. The van der Waals surface area contributed by atoms with Gasteiger partial charge in [-0.05, 0) is 289 Å². The Hall–Kier alpha value is -11.4. The number of aryl methyl sites for hydroxylation is 12. The molecule has 16 nitrogen and oxygen atoms in total. The number of carbonyl (C=O) groups excluding carboxylic acids is 2. The number of ether oxygens (including phenoxy) is 4. The van der Waals surface area contributed by atoms with Gasteiger partial charge in [-0.15, -0.1) is 0 Å². The standard InChI is InChI=1S/2C26H29NO3.C25H27NO4.C25H29NO2/c2*1-4-19-5-7-20(8-6-19)26-27-25(18(3)30-26)13-14-29-23-11-12-24-21(15-17(2)28)9-10-22(24)16-23;1-3-23-22(26-25(30-23)17-6-4-16(2)5-7-17)12-13-29-20-10-11-21-18(14-20)8-9-19(21)15-24(27)28;1-4-18-10-11-20-16-21(12-13-22(18)20)27-15-14-23-24(5-2)28-25(26-23)19-8-6-17(3)7-9-19/h2*5-8,11-12,16,21H,4,9-10,13-15H2,1-3H3;4-7,10-11,14,19H,3,8-9,12-13,15H2,1-2H3,(H,27,28);6-9,12-13,16,18H,4-5,10-11,14-15H2,1-3H3/t2*21-;19-;18-/m1011/s1. The number of benzene rings is 8. The molecule has 4 aliphatic rings. The lowest BCUT2D eigenvalue weighted by Crippen LogP contribution is -2.05. The lowest BCUT2D eigenvalue weighted by atomic mass is 9.96. The molecule has 8 aromatic carbocycles. The van der Waals surface area contributed by atoms with Gasteiger partial charge in [-0.3, -0.25) is 4.79 Å². The van der Waals surface area contributed by atoms with Gasteiger partial charge in [0, 0.05) is 73.6 Å². The first kappa shape index (κ1) is 84.5. The van der Waals surface area contributed by atoms with E-state index >= 15 is 0 Å². The third-order valence-electron chi connectivity index (χ3n) is 23.5. The van der Waals surface area contributed by atoms with Gasteiger partial charge < -0.3 is 51.3 Å². The van der Waals surface area contributed by atoms with Crippen LogP contribution in [0.5, 0.6) is 23.0 Å². The van der Waals surface area contributed by atoms with Gasteiger partial charge in [-0.25, -0.2) is 19.9 Å². The lowest BCUT2D eigenvalue weighted by molar-refractivity contribution is -0.137. The van der Waals surface area contributed by atoms with Gasteiger partial charge in [-0.1, -0.05) is 119 Å². The highest BCUT2D eigenvalue weighted by molar-refractivity contribution is 5.77. The number of oxazole rings is 4. The number of carbonyl (C=O) groups is 3. The van der Waals surface area contributed by atoms with Gasteiger partial charge in [0.05, 0.1) is 55.6 Å². The molecule has 0 bridgehead atoms. The highest BCUT2D eigenvalue weighted by Gasteiger charge is 2.29. The number of nitrogens with zero attached hydrogens (tertiary/aromatic N) is 4. The summed E-state index contributed by atoms with van der Waals surface area (Å²) in [5, 5.41) is 9.07. The van der Waals surface area contributed by atoms with Crippen molar-refractivity contribution in [3.8, 4) is 68.8 Å². The smallest absolute Gasteiger partial charge is 0.303 e. The third kappa shape index (κ3) is 21.9. The van der Waals surface area contributed by atoms with Gasteiger partial charge in [0.1, 0.15) is 57.6 Å². The number of aromatic nitrogens is 4. The number of carboxylic acid groups (broad SMARTS) is 1. The number of hydrogen-bond acceptors (Lipinski definition) is 15. The highest BCUT2D eigenvalue weighted by Crippen LogP contribution is 2.42. The Morgan fingerprint density at radius 3 is 0.949 bits per heavy atom. The van der Waals surface area contributed by atoms with Crippen molar-refractivity contribution >= 4 is 17.5 Å². The van der Waals surface area contributed by atoms with Crippen LogP contribution in [0.1, 0.15) is 236 Å². The average Bonchev–Trinajstić information content (AvgIpc) is 1.65. The van der Waals surface area contributed by atoms with Crippen molar-refractivity contribution in [2.24, 2.45) is 0 Å². The zero-order chi connectivity index (χ0) is 82.8. The van der Waals surface area contributed by atoms with Gasteiger partial charge in [0.2, 0.25) is 23.6 Å². The van der Waals surface area contributed by atoms with Crippen LogP contribution >= 0.6 is 0 Å². The summed E-state index contributed by atoms with van der Waals surface area (Å²) in [5.41, 5.74) is 23.5. The van der Waals surface area contributed by atoms with Crippen LogP contribution in [0, 0.1) is 27.7 Å². The Morgan fingerprint density at radius 1 is 0.356 bits per heavy atom. The van der Waals surface area contributed by atoms with Crippen molar-refractivity contribution in [2.45, 2.75) is 228 Å². The van der Waals surface area contributed by atoms with Gasteiger partial charge >= 0.3 is 5.97 Å². The predicted molar refractivity (Wildman–Crippen MR) is 464 cm³/mol. The summed E-state index contributed by atoms with van der Waals surface area (Å²) >= 11 is 0. The summed E-state index contributed by atoms with van der Waals surface area (Å²) in [6, 6.07) is 58.4. The first-order chi connectivity index (χ1) is 57.3. The van der Waals surface area contributed by atoms with Crippen LogP contribution in [0.25, 0.3) is 45.8 Å². The molecule has 1 N–H and O–H groups in total. The van der Waals surface area contributed by atoms with E-state index < -0.39 is 5.97 Å². The SMILES string of the molecule is CCc1ccc(-c2nc(CCOc3ccc4c(c3)CC[C@@H]4CC(C)=O)c(C)o2)cc1.CCc1ccc(-c2nc(CCOc3ccc4c(c3)CC[C@H]4CC(C)=O)c(C)o2)cc1.CCc1oc(-c2ccc(C)cc2)nc1CCOc1ccc2c(c1)CC[C@@H]2CC(=O)O.CCc1oc(-c2ccc(C)cc2)nc1CCOc1ccc2c(c1)CC[C@H]2CC. The maximum Gasteiger partial charge on any atom is 0.303 e. The Balaban J connectivity index is 0.000000136. The second-order valence-corrected chi connectivity index (χ2v) is 32.0. The average molecular weight is 1590 g/mol. The van der Waals surface area contributed by atoms with Crippen LogP contribution < -0.4 is 18.9 Å². The summed E-state index contributed by atoms with van der Waals surface area (Å²) in [4.78, 5) is 52.8. The Morgan fingerprint density at radius 2 is 0.644 bits per heavy atom. The molecule has 118 heavy (non-hydrogen) atoms. The largest absolute Gasteiger partial charge is 0.493 e. The predicted octanol–water partition coefficient (Wildman–Crippen LogP) is 23.3. The van der Waals surface area contributed by atoms with E-state index in [0.29, 0.717) is 93.9 Å². The van der Waals surface area contributed by atoms with E-state index in [4.69, 9.17) is 51.7 Å². The van der Waals surface area contributed by atoms with E-state index in [0.717, 1.165) is 173 Å². The summed E-state index contributed by atoms with van der Waals surface area (Å²) in [6.07, 6.45) is 17.6. The summed E-state index contributed by atoms with van der Waals surface area (Å²) < 4.78 is 47.8. The van der Waals surface area contributed by atoms with Crippen molar-refractivity contribution in [3.63, 3.8) is 0 Å². The molecule has 16 heteroatoms. The molecular formula is C102H114N4O12. The number of hydrogen-bond donors (Lipinski definition) is 1. The van der Waals surface area contributed by atoms with E-state index in [-0.39, 0.29) is 23.9 Å². The zero-order valence-electron chi connectivity index (χ0n) is 70.7. The van der Waals surface area contributed by atoms with E-state index in [1.807, 2.05) is 50.2 Å². The molecule has 0 spiro atoms. The maximum absolute atomic E-state index is 11.5. The fourth-order valence-electron chi connectivity index (χ4n) is 16.8. The lowest BCUT2D eigenvalue weighted by Gasteiger charge is -2.11. The first-order valence-corrected chi connectivity index (χ1v) is 42.7. The van der Waals surface area contributed by atoms with Crippen LogP contribution in [-0.2, 0) is 91.4 Å². The normalized spacial score (nSPS) is 15.3. The van der Waals surface area contributed by atoms with Gasteiger partial charge in [-0.2, -0.15) is 0 Å². The minimum Gasteiger partial charge on any atom is -0.493 e. The Bertz CT molecular complexity index is 5200. The number of ketones is 2. The molecule has 0 aliphatic heterocycles. The third-order valence-corrected chi connectivity index (χ3v) is 23.5. The van der Waals surface area contributed by atoms with Gasteiger partial charge in [0.15, 0.2) is 0 Å². The molecule has 0 saturated carbocycles. The minimum atomic E-state index is -0.738. The molecule has 0 saturated heterocycles. The van der Waals surface area contributed by atoms with Crippen LogP contribution in [0.3, 0.4) is 0 Å². The first-order valence-electron chi connectivity index (χ1n) is 42.7. The molecular weight excluding hydrogens is 1470 g/mol. The number of fused-ring (bicyclic) bond motifs is 4. The number of rotatable bonds is 31. The van der Waals surface area contributed by atoms with Crippen LogP contribution in [0.15, 0.2) is 188 Å². The number of carboxylic acids is 1. The maximum atomic E-state index is 11.5. The monoisotopic (exact) mass is 1590 g/mol. The zero-order valence-corrected chi connectivity index (χ0v) is 70.7. The number of Topliss-reactive ketones (excluding diaryl/α,β-unsaturated/α-hetero) is 2. The molecule has 0 radical (unpaired) electrons. The molecule has 16 rings (SSSR count). The molecule has 0 amide bonds. The molecule has 4 aliphatic carbocycles. The fraction of sp³-hybridized carbons (Fsp3) is 0.382. The van der Waals surface area contributed by atoms with Crippen LogP contribution in [-0.4, -0.2) is 69.0 Å². The highest BCUT2D eigenvalue weighted by atomic mass is 16.5. The topological polar surface area (TPSA) is 212 Å². The molecule has 0 unspecified atom stereocenters. The molecule has 12 aromatic rings. The van der Waals surface area contributed by atoms with Crippen molar-refractivity contribution in [1.82, 2.24) is 19.9 Å². The minimum absolute atomic E-state index is 0.119. The van der Waals surface area contributed by atoms with Crippen molar-refractivity contribution in [1.29, 1.82) is 0 Å². The van der Waals surface area contributed by atoms with Crippen molar-refractivity contribution < 1.29 is 56.1 Å². The molecule has 4 atom stereocenters. The van der Waals surface area contributed by atoms with E-state index in [1.54, 1.807) is 13.8 Å². The van der Waals surface area contributed by atoms with Gasteiger partial charge in [0.25, 0.3) is 0 Å².